The van der Waals surface area contributed by atoms with Crippen LogP contribution in [-0.2, 0) is 4.79 Å². The number of amidine groups is 1. The Balaban J connectivity index is 4.58. The Morgan fingerprint density at radius 1 is 1.46 bits per heavy atom. The van der Waals surface area contributed by atoms with Crippen molar-refractivity contribution in [3.8, 4) is 0 Å². The predicted molar refractivity (Wildman–Crippen MR) is 52.6 cm³/mol. The molecule has 13 heavy (non-hydrogen) atoms. The molecule has 0 aliphatic rings. The molecule has 0 saturated heterocycles. The lowest BCUT2D eigenvalue weighted by Crippen LogP contribution is -2.34. The van der Waals surface area contributed by atoms with Gasteiger partial charge in [-0.2, -0.15) is 0 Å². The van der Waals surface area contributed by atoms with Gasteiger partial charge in [0.1, 0.15) is 0 Å². The number of allylic oxidation sites excluding steroid dienone is 1. The molecule has 5 nitrogen and oxygen atoms in total. The Labute approximate surface area is 78.1 Å². The Hall–Kier alpha value is -1.52. The predicted octanol–water partition coefficient (Wildman–Crippen LogP) is -0.0121. The van der Waals surface area contributed by atoms with Gasteiger partial charge in [-0.15, -0.1) is 5.10 Å². The maximum atomic E-state index is 10.6. The number of hydrogen-bond donors (Lipinski definition) is 2. The molecule has 0 rings (SSSR count). The van der Waals surface area contributed by atoms with Gasteiger partial charge in [-0.25, -0.2) is 0 Å². The van der Waals surface area contributed by atoms with Gasteiger partial charge in [0.05, 0.1) is 0 Å². The lowest BCUT2D eigenvalue weighted by atomic mass is 10.4. The number of hydrazone groups is 1. The van der Waals surface area contributed by atoms with E-state index in [1.165, 1.54) is 0 Å². The molecule has 0 saturated carbocycles. The quantitative estimate of drug-likeness (QED) is 0.367. The largest absolute Gasteiger partial charge is 0.378 e. The fraction of sp³-hybridized carbons (Fsp3) is 0.500. The first-order chi connectivity index (χ1) is 5.99. The van der Waals surface area contributed by atoms with Gasteiger partial charge in [-0.3, -0.25) is 9.80 Å². The van der Waals surface area contributed by atoms with E-state index in [4.69, 9.17) is 11.5 Å². The minimum atomic E-state index is -0.713. The van der Waals surface area contributed by atoms with Crippen LogP contribution in [0.15, 0.2) is 17.4 Å². The van der Waals surface area contributed by atoms with Gasteiger partial charge in [-0.1, -0.05) is 6.08 Å². The Morgan fingerprint density at radius 2 is 2.00 bits per heavy atom. The van der Waals surface area contributed by atoms with E-state index in [-0.39, 0.29) is 11.9 Å². The number of nitrogens with two attached hydrogens (primary N) is 2. The molecule has 0 aliphatic heterocycles. The van der Waals surface area contributed by atoms with Crippen LogP contribution in [0, 0.1) is 0 Å². The maximum Gasteiger partial charge on any atom is 0.285 e. The van der Waals surface area contributed by atoms with Crippen molar-refractivity contribution in [2.75, 3.05) is 0 Å². The van der Waals surface area contributed by atoms with E-state index < -0.39 is 5.91 Å². The summed E-state index contributed by atoms with van der Waals surface area (Å²) >= 11 is 0. The van der Waals surface area contributed by atoms with Crippen LogP contribution in [0.1, 0.15) is 20.8 Å². The van der Waals surface area contributed by atoms with Crippen molar-refractivity contribution >= 4 is 11.7 Å². The standard InChI is InChI=1S/C8H16N4O/c1-4-5-12(6(2)3)11-7(9)8(10)13/h4-6H,1-3H3,(H2,9,11)(H2,10,13)/b5-4-. The molecule has 0 unspecified atom stereocenters. The van der Waals surface area contributed by atoms with Crippen LogP contribution >= 0.6 is 0 Å². The summed E-state index contributed by atoms with van der Waals surface area (Å²) in [5.41, 5.74) is 10.2. The number of rotatable bonds is 3. The number of nitrogens with zero attached hydrogens (tertiary/aromatic N) is 2. The zero-order valence-electron chi connectivity index (χ0n) is 8.19. The summed E-state index contributed by atoms with van der Waals surface area (Å²) in [4.78, 5) is 10.6. The molecule has 0 aromatic rings. The molecule has 0 bridgehead atoms. The monoisotopic (exact) mass is 184 g/mol. The minimum absolute atomic E-state index is 0.133. The number of amides is 1. The third-order valence-electron chi connectivity index (χ3n) is 1.31. The normalized spacial score (nSPS) is 12.5. The molecule has 5 heteroatoms. The molecule has 0 aromatic carbocycles. The molecule has 74 valence electrons. The highest BCUT2D eigenvalue weighted by Crippen LogP contribution is 1.99. The number of carbonyl (C=O) groups excluding carboxylic acids is 1. The van der Waals surface area contributed by atoms with Crippen molar-refractivity contribution in [2.24, 2.45) is 16.6 Å². The van der Waals surface area contributed by atoms with E-state index in [9.17, 15) is 4.79 Å². The van der Waals surface area contributed by atoms with E-state index in [0.29, 0.717) is 0 Å². The smallest absolute Gasteiger partial charge is 0.285 e. The van der Waals surface area contributed by atoms with Crippen LogP contribution < -0.4 is 11.5 Å². The number of hydrogen-bond acceptors (Lipinski definition) is 3. The average molecular weight is 184 g/mol. The van der Waals surface area contributed by atoms with E-state index in [1.807, 2.05) is 20.8 Å². The molecule has 0 heterocycles. The third-order valence-corrected chi connectivity index (χ3v) is 1.31. The first kappa shape index (κ1) is 11.5. The van der Waals surface area contributed by atoms with Crippen molar-refractivity contribution in [2.45, 2.75) is 26.8 Å². The van der Waals surface area contributed by atoms with E-state index >= 15 is 0 Å². The topological polar surface area (TPSA) is 84.7 Å². The average Bonchev–Trinajstić information content (AvgIpc) is 2.03. The molecular formula is C8H16N4O. The van der Waals surface area contributed by atoms with E-state index in [0.717, 1.165) is 0 Å². The lowest BCUT2D eigenvalue weighted by Gasteiger charge is -2.18. The van der Waals surface area contributed by atoms with Crippen molar-refractivity contribution in [1.82, 2.24) is 5.01 Å². The van der Waals surface area contributed by atoms with Crippen LogP contribution in [0.5, 0.6) is 0 Å². The van der Waals surface area contributed by atoms with Crippen molar-refractivity contribution < 1.29 is 4.79 Å². The summed E-state index contributed by atoms with van der Waals surface area (Å²) in [7, 11) is 0. The lowest BCUT2D eigenvalue weighted by molar-refractivity contribution is -0.112. The van der Waals surface area contributed by atoms with Crippen molar-refractivity contribution in [3.05, 3.63) is 12.3 Å². The minimum Gasteiger partial charge on any atom is -0.378 e. The summed E-state index contributed by atoms with van der Waals surface area (Å²) in [6.45, 7) is 5.71. The molecule has 1 amide bonds. The highest BCUT2D eigenvalue weighted by molar-refractivity contribution is 6.36. The first-order valence-electron chi connectivity index (χ1n) is 4.04. The highest BCUT2D eigenvalue weighted by atomic mass is 16.1. The highest BCUT2D eigenvalue weighted by Gasteiger charge is 2.06. The van der Waals surface area contributed by atoms with Crippen molar-refractivity contribution in [3.63, 3.8) is 0 Å². The van der Waals surface area contributed by atoms with Crippen LogP contribution in [-0.4, -0.2) is 22.8 Å². The maximum absolute atomic E-state index is 10.6. The Kier molecular flexibility index (Phi) is 4.58. The zero-order valence-corrected chi connectivity index (χ0v) is 8.19. The fourth-order valence-corrected chi connectivity index (χ4v) is 0.647. The summed E-state index contributed by atoms with van der Waals surface area (Å²) in [6, 6.07) is 0.133. The summed E-state index contributed by atoms with van der Waals surface area (Å²) in [5.74, 6) is -0.901. The van der Waals surface area contributed by atoms with Crippen LogP contribution in [0.2, 0.25) is 0 Å². The molecule has 0 fully saturated rings. The van der Waals surface area contributed by atoms with Crippen LogP contribution in [0.25, 0.3) is 0 Å². The van der Waals surface area contributed by atoms with Crippen LogP contribution in [0.3, 0.4) is 0 Å². The number of carbonyl (C=O) groups is 1. The van der Waals surface area contributed by atoms with Gasteiger partial charge in [-0.05, 0) is 20.8 Å². The zero-order chi connectivity index (χ0) is 10.4. The fourth-order valence-electron chi connectivity index (χ4n) is 0.647. The Bertz CT molecular complexity index is 232. The van der Waals surface area contributed by atoms with E-state index in [2.05, 4.69) is 5.10 Å². The Morgan fingerprint density at radius 3 is 2.31 bits per heavy atom. The van der Waals surface area contributed by atoms with Gasteiger partial charge in [0.15, 0.2) is 0 Å². The second-order valence-corrected chi connectivity index (χ2v) is 2.81. The second-order valence-electron chi connectivity index (χ2n) is 2.81. The van der Waals surface area contributed by atoms with Gasteiger partial charge in [0.2, 0.25) is 5.84 Å². The van der Waals surface area contributed by atoms with Crippen molar-refractivity contribution in [1.29, 1.82) is 0 Å². The molecule has 0 radical (unpaired) electrons. The van der Waals surface area contributed by atoms with Gasteiger partial charge in [0, 0.05) is 12.2 Å². The SMILES string of the molecule is C/C=C\N(/N=C(\N)C(N)=O)C(C)C. The summed E-state index contributed by atoms with van der Waals surface area (Å²) < 4.78 is 0. The van der Waals surface area contributed by atoms with Gasteiger partial charge < -0.3 is 11.5 Å². The second kappa shape index (κ2) is 5.18. The summed E-state index contributed by atoms with van der Waals surface area (Å²) in [6.07, 6.45) is 3.53. The molecular weight excluding hydrogens is 168 g/mol. The third kappa shape index (κ3) is 4.15. The van der Waals surface area contributed by atoms with Gasteiger partial charge >= 0.3 is 0 Å². The van der Waals surface area contributed by atoms with E-state index in [1.54, 1.807) is 17.3 Å². The number of primary amides is 1. The van der Waals surface area contributed by atoms with Gasteiger partial charge in [0.25, 0.3) is 5.91 Å². The molecule has 0 spiro atoms. The molecule has 0 atom stereocenters. The first-order valence-corrected chi connectivity index (χ1v) is 4.04. The molecule has 4 N–H and O–H groups in total. The molecule has 0 aromatic heterocycles. The molecule has 0 aliphatic carbocycles. The van der Waals surface area contributed by atoms with Crippen LogP contribution in [0.4, 0.5) is 0 Å². The summed E-state index contributed by atoms with van der Waals surface area (Å²) in [5, 5.41) is 5.40.